The molecular formula is C21H29NO. The number of methoxy groups -OCH3 is 1. The number of hydrogen-bond donors (Lipinski definition) is 1. The summed E-state index contributed by atoms with van der Waals surface area (Å²) in [4.78, 5) is 0. The highest BCUT2D eigenvalue weighted by Crippen LogP contribution is 2.29. The van der Waals surface area contributed by atoms with Crippen molar-refractivity contribution in [1.82, 2.24) is 0 Å². The average molecular weight is 311 g/mol. The van der Waals surface area contributed by atoms with Gasteiger partial charge in [0.25, 0.3) is 0 Å². The highest BCUT2D eigenvalue weighted by Gasteiger charge is 2.17. The van der Waals surface area contributed by atoms with Gasteiger partial charge in [0, 0.05) is 5.92 Å². The number of ether oxygens (including phenoxy) is 1. The molecule has 1 unspecified atom stereocenters. The number of hydrogen-bond acceptors (Lipinski definition) is 2. The van der Waals surface area contributed by atoms with Crippen molar-refractivity contribution >= 4 is 0 Å². The van der Waals surface area contributed by atoms with E-state index in [9.17, 15) is 0 Å². The monoisotopic (exact) mass is 311 g/mol. The first-order valence-corrected chi connectivity index (χ1v) is 8.29. The Hall–Kier alpha value is -1.80. The van der Waals surface area contributed by atoms with Crippen LogP contribution in [-0.2, 0) is 11.8 Å². The number of nitrogens with two attached hydrogens (primary N) is 1. The Kier molecular flexibility index (Phi) is 5.48. The molecule has 0 saturated heterocycles. The summed E-state index contributed by atoms with van der Waals surface area (Å²) in [6.07, 6.45) is 0.899. The molecule has 0 aliphatic rings. The first kappa shape index (κ1) is 17.6. The van der Waals surface area contributed by atoms with E-state index in [1.165, 1.54) is 22.3 Å². The van der Waals surface area contributed by atoms with Crippen molar-refractivity contribution in [3.63, 3.8) is 0 Å². The molecular weight excluding hydrogens is 282 g/mol. The minimum absolute atomic E-state index is 0.177. The molecule has 0 aliphatic heterocycles. The van der Waals surface area contributed by atoms with Gasteiger partial charge in [0.05, 0.1) is 7.11 Å². The Bertz CT molecular complexity index is 638. The lowest BCUT2D eigenvalue weighted by atomic mass is 9.84. The zero-order valence-electron chi connectivity index (χ0n) is 15.0. The lowest BCUT2D eigenvalue weighted by molar-refractivity contribution is 0.408. The zero-order chi connectivity index (χ0) is 17.0. The van der Waals surface area contributed by atoms with Gasteiger partial charge in [0.1, 0.15) is 5.75 Å². The van der Waals surface area contributed by atoms with Crippen molar-refractivity contribution in [2.45, 2.75) is 45.4 Å². The van der Waals surface area contributed by atoms with Gasteiger partial charge >= 0.3 is 0 Å². The minimum atomic E-state index is 0.177. The van der Waals surface area contributed by atoms with Gasteiger partial charge in [-0.15, -0.1) is 0 Å². The van der Waals surface area contributed by atoms with Gasteiger partial charge in [-0.2, -0.15) is 0 Å². The summed E-state index contributed by atoms with van der Waals surface area (Å²) in [5.41, 5.74) is 11.4. The predicted molar refractivity (Wildman–Crippen MR) is 98.4 cm³/mol. The molecule has 0 spiro atoms. The van der Waals surface area contributed by atoms with Gasteiger partial charge in [-0.3, -0.25) is 0 Å². The molecule has 0 fully saturated rings. The third-order valence-electron chi connectivity index (χ3n) is 4.43. The summed E-state index contributed by atoms with van der Waals surface area (Å²) in [5.74, 6) is 1.25. The summed E-state index contributed by atoms with van der Waals surface area (Å²) in [6.45, 7) is 9.45. The summed E-state index contributed by atoms with van der Waals surface area (Å²) < 4.78 is 5.50. The Morgan fingerprint density at radius 3 is 2.22 bits per heavy atom. The number of benzene rings is 2. The fourth-order valence-corrected chi connectivity index (χ4v) is 2.92. The summed E-state index contributed by atoms with van der Waals surface area (Å²) in [6, 6.07) is 15.2. The topological polar surface area (TPSA) is 35.2 Å². The van der Waals surface area contributed by atoms with E-state index in [0.717, 1.165) is 12.2 Å². The first-order valence-electron chi connectivity index (χ1n) is 8.29. The lowest BCUT2D eigenvalue weighted by Crippen LogP contribution is -2.16. The molecule has 2 rings (SSSR count). The fraction of sp³-hybridized carbons (Fsp3) is 0.429. The van der Waals surface area contributed by atoms with Crippen LogP contribution in [0.2, 0.25) is 0 Å². The van der Waals surface area contributed by atoms with E-state index in [1.807, 2.05) is 6.07 Å². The van der Waals surface area contributed by atoms with Crippen LogP contribution in [0.4, 0.5) is 0 Å². The van der Waals surface area contributed by atoms with Gasteiger partial charge in [-0.05, 0) is 48.1 Å². The van der Waals surface area contributed by atoms with Crippen molar-refractivity contribution in [3.05, 3.63) is 64.7 Å². The smallest absolute Gasteiger partial charge is 0.122 e. The Morgan fingerprint density at radius 2 is 1.70 bits per heavy atom. The molecule has 0 aliphatic carbocycles. The van der Waals surface area contributed by atoms with E-state index in [0.29, 0.717) is 12.5 Å². The van der Waals surface area contributed by atoms with Gasteiger partial charge in [-0.25, -0.2) is 0 Å². The molecule has 1 atom stereocenters. The lowest BCUT2D eigenvalue weighted by Gasteiger charge is -2.22. The molecule has 0 amide bonds. The standard InChI is InChI=1S/C21H29NO/c1-15-6-11-20(23-5)17(12-15)13-18(14-22)16-7-9-19(10-8-16)21(2,3)4/h6-12,18H,13-14,22H2,1-5H3. The van der Waals surface area contributed by atoms with Crippen LogP contribution < -0.4 is 10.5 Å². The van der Waals surface area contributed by atoms with Crippen LogP contribution in [0.3, 0.4) is 0 Å². The van der Waals surface area contributed by atoms with Crippen molar-refractivity contribution < 1.29 is 4.74 Å². The molecule has 0 saturated carbocycles. The van der Waals surface area contributed by atoms with Gasteiger partial charge < -0.3 is 10.5 Å². The first-order chi connectivity index (χ1) is 10.8. The maximum absolute atomic E-state index is 6.07. The van der Waals surface area contributed by atoms with E-state index >= 15 is 0 Å². The van der Waals surface area contributed by atoms with Crippen LogP contribution in [0, 0.1) is 6.92 Å². The van der Waals surface area contributed by atoms with E-state index in [1.54, 1.807) is 7.11 Å². The Morgan fingerprint density at radius 1 is 1.04 bits per heavy atom. The molecule has 0 heterocycles. The molecule has 2 heteroatoms. The third-order valence-corrected chi connectivity index (χ3v) is 4.43. The van der Waals surface area contributed by atoms with Crippen LogP contribution in [-0.4, -0.2) is 13.7 Å². The zero-order valence-corrected chi connectivity index (χ0v) is 15.0. The third kappa shape index (κ3) is 4.35. The highest BCUT2D eigenvalue weighted by molar-refractivity contribution is 5.39. The van der Waals surface area contributed by atoms with Gasteiger partial charge in [0.2, 0.25) is 0 Å². The van der Waals surface area contributed by atoms with Crippen LogP contribution in [0.1, 0.15) is 48.9 Å². The highest BCUT2D eigenvalue weighted by atomic mass is 16.5. The van der Waals surface area contributed by atoms with Crippen molar-refractivity contribution in [2.24, 2.45) is 5.73 Å². The molecule has 0 radical (unpaired) electrons. The Balaban J connectivity index is 2.25. The second-order valence-electron chi connectivity index (χ2n) is 7.32. The number of rotatable bonds is 5. The van der Waals surface area contributed by atoms with E-state index in [-0.39, 0.29) is 5.41 Å². The van der Waals surface area contributed by atoms with Crippen LogP contribution in [0.25, 0.3) is 0 Å². The average Bonchev–Trinajstić information content (AvgIpc) is 2.52. The summed E-state index contributed by atoms with van der Waals surface area (Å²) in [7, 11) is 1.73. The maximum atomic E-state index is 6.07. The van der Waals surface area contributed by atoms with E-state index in [2.05, 4.69) is 64.1 Å². The molecule has 0 aromatic heterocycles. The molecule has 23 heavy (non-hydrogen) atoms. The van der Waals surface area contributed by atoms with Crippen LogP contribution >= 0.6 is 0 Å². The van der Waals surface area contributed by atoms with Crippen LogP contribution in [0.15, 0.2) is 42.5 Å². The quantitative estimate of drug-likeness (QED) is 0.877. The van der Waals surface area contributed by atoms with E-state index in [4.69, 9.17) is 10.5 Å². The SMILES string of the molecule is COc1ccc(C)cc1CC(CN)c1ccc(C(C)(C)C)cc1. The summed E-state index contributed by atoms with van der Waals surface area (Å²) >= 11 is 0. The van der Waals surface area contributed by atoms with Crippen molar-refractivity contribution in [1.29, 1.82) is 0 Å². The normalized spacial score (nSPS) is 13.0. The fourth-order valence-electron chi connectivity index (χ4n) is 2.92. The summed E-state index contributed by atoms with van der Waals surface area (Å²) in [5, 5.41) is 0. The second kappa shape index (κ2) is 7.18. The minimum Gasteiger partial charge on any atom is -0.496 e. The largest absolute Gasteiger partial charge is 0.496 e. The molecule has 124 valence electrons. The molecule has 2 nitrogen and oxygen atoms in total. The van der Waals surface area contributed by atoms with E-state index < -0.39 is 0 Å². The second-order valence-corrected chi connectivity index (χ2v) is 7.32. The maximum Gasteiger partial charge on any atom is 0.122 e. The molecule has 2 N–H and O–H groups in total. The van der Waals surface area contributed by atoms with Crippen molar-refractivity contribution in [2.75, 3.05) is 13.7 Å². The van der Waals surface area contributed by atoms with Crippen LogP contribution in [0.5, 0.6) is 5.75 Å². The predicted octanol–water partition coefficient (Wildman–Crippen LogP) is 4.59. The molecule has 2 aromatic carbocycles. The van der Waals surface area contributed by atoms with Crippen molar-refractivity contribution in [3.8, 4) is 5.75 Å². The molecule has 2 aromatic rings. The Labute approximate surface area is 140 Å². The number of aryl methyl sites for hydroxylation is 1. The molecule has 0 bridgehead atoms. The van der Waals surface area contributed by atoms with Gasteiger partial charge in [-0.1, -0.05) is 62.7 Å². The van der Waals surface area contributed by atoms with Gasteiger partial charge in [0.15, 0.2) is 0 Å².